The first kappa shape index (κ1) is 16.5. The fraction of sp³-hybridized carbons (Fsp3) is 0.0952. The molecule has 0 aliphatic rings. The second-order valence-corrected chi connectivity index (χ2v) is 8.24. The van der Waals surface area contributed by atoms with E-state index in [1.807, 2.05) is 38.1 Å². The topological polar surface area (TPSA) is 56.1 Å². The average molecular weight is 363 g/mol. The summed E-state index contributed by atoms with van der Waals surface area (Å²) in [5.74, 6) is 0. The van der Waals surface area contributed by atoms with Gasteiger partial charge in [0.1, 0.15) is 0 Å². The molecule has 26 heavy (non-hydrogen) atoms. The minimum Gasteiger partial charge on any atom is -0.268 e. The van der Waals surface area contributed by atoms with Crippen molar-refractivity contribution in [3.05, 3.63) is 88.2 Å². The summed E-state index contributed by atoms with van der Waals surface area (Å²) < 4.78 is 27.4. The highest BCUT2D eigenvalue weighted by Gasteiger charge is 2.23. The highest BCUT2D eigenvalue weighted by molar-refractivity contribution is 7.90. The van der Waals surface area contributed by atoms with E-state index in [1.165, 1.54) is 12.1 Å². The molecule has 0 unspecified atom stereocenters. The Morgan fingerprint density at radius 3 is 2.04 bits per heavy atom. The van der Waals surface area contributed by atoms with Crippen LogP contribution in [0, 0.1) is 13.8 Å². The van der Waals surface area contributed by atoms with E-state index in [0.717, 1.165) is 25.9 Å². The molecule has 4 rings (SSSR count). The van der Waals surface area contributed by atoms with Crippen LogP contribution >= 0.6 is 0 Å². The van der Waals surface area contributed by atoms with Crippen LogP contribution in [0.25, 0.3) is 21.7 Å². The van der Waals surface area contributed by atoms with Crippen LogP contribution < -0.4 is 5.56 Å². The second-order valence-electron chi connectivity index (χ2n) is 6.46. The molecule has 4 nitrogen and oxygen atoms in total. The quantitative estimate of drug-likeness (QED) is 0.506. The third-order valence-electron chi connectivity index (χ3n) is 4.53. The van der Waals surface area contributed by atoms with Gasteiger partial charge in [0.25, 0.3) is 15.6 Å². The minimum atomic E-state index is -4.01. The van der Waals surface area contributed by atoms with Crippen LogP contribution in [0.3, 0.4) is 0 Å². The van der Waals surface area contributed by atoms with Crippen LogP contribution in [0.4, 0.5) is 0 Å². The molecular weight excluding hydrogens is 346 g/mol. The molecule has 3 aromatic carbocycles. The zero-order valence-electron chi connectivity index (χ0n) is 14.4. The van der Waals surface area contributed by atoms with Crippen LogP contribution in [0.2, 0.25) is 0 Å². The predicted molar refractivity (Wildman–Crippen MR) is 104 cm³/mol. The molecule has 0 saturated heterocycles. The largest absolute Gasteiger partial charge is 0.272 e. The second kappa shape index (κ2) is 5.81. The van der Waals surface area contributed by atoms with Crippen molar-refractivity contribution < 1.29 is 8.42 Å². The molecule has 130 valence electrons. The van der Waals surface area contributed by atoms with E-state index in [1.54, 1.807) is 30.3 Å². The summed E-state index contributed by atoms with van der Waals surface area (Å²) in [7, 11) is -4.01. The van der Waals surface area contributed by atoms with Crippen LogP contribution in [0.1, 0.15) is 11.1 Å². The van der Waals surface area contributed by atoms with Crippen LogP contribution in [-0.2, 0) is 10.0 Å². The Bertz CT molecular complexity index is 1320. The van der Waals surface area contributed by atoms with Gasteiger partial charge in [-0.2, -0.15) is 3.97 Å². The number of nitrogens with zero attached hydrogens (tertiary/aromatic N) is 1. The van der Waals surface area contributed by atoms with Gasteiger partial charge in [-0.15, -0.1) is 0 Å². The molecule has 0 radical (unpaired) electrons. The number of pyridine rings is 1. The summed E-state index contributed by atoms with van der Waals surface area (Å²) >= 11 is 0. The van der Waals surface area contributed by atoms with Gasteiger partial charge in [-0.1, -0.05) is 47.5 Å². The molecule has 0 bridgehead atoms. The number of benzene rings is 3. The lowest BCUT2D eigenvalue weighted by Crippen LogP contribution is -2.28. The van der Waals surface area contributed by atoms with E-state index in [-0.39, 0.29) is 4.90 Å². The van der Waals surface area contributed by atoms with E-state index in [9.17, 15) is 13.2 Å². The highest BCUT2D eigenvalue weighted by atomic mass is 32.2. The Balaban J connectivity index is 2.25. The normalized spacial score (nSPS) is 11.9. The van der Waals surface area contributed by atoms with Gasteiger partial charge in [-0.3, -0.25) is 4.79 Å². The number of hydrogen-bond acceptors (Lipinski definition) is 3. The van der Waals surface area contributed by atoms with Crippen molar-refractivity contribution in [3.8, 4) is 0 Å². The standard InChI is InChI=1S/C21H17NO3S/c1-14-8-10-17-18(12-14)19-13-15(2)9-11-20(19)22(21(17)23)26(24,25)16-6-4-3-5-7-16/h3-13H,1-2H3. The molecule has 0 spiro atoms. The van der Waals surface area contributed by atoms with Gasteiger partial charge < -0.3 is 0 Å². The Morgan fingerprint density at radius 2 is 1.35 bits per heavy atom. The van der Waals surface area contributed by atoms with Gasteiger partial charge in [0, 0.05) is 10.8 Å². The van der Waals surface area contributed by atoms with E-state index in [2.05, 4.69) is 0 Å². The number of aryl methyl sites for hydroxylation is 2. The third-order valence-corrected chi connectivity index (χ3v) is 6.24. The molecule has 0 atom stereocenters. The van der Waals surface area contributed by atoms with Crippen molar-refractivity contribution in [2.45, 2.75) is 18.7 Å². The fourth-order valence-corrected chi connectivity index (χ4v) is 4.71. The first-order valence-corrected chi connectivity index (χ1v) is 9.70. The lowest BCUT2D eigenvalue weighted by Gasteiger charge is -2.14. The van der Waals surface area contributed by atoms with E-state index in [4.69, 9.17) is 0 Å². The Hall–Kier alpha value is -2.92. The first-order valence-electron chi connectivity index (χ1n) is 8.26. The molecule has 1 aromatic heterocycles. The average Bonchev–Trinajstić information content (AvgIpc) is 2.63. The lowest BCUT2D eigenvalue weighted by molar-refractivity contribution is 0.587. The molecule has 0 N–H and O–H groups in total. The SMILES string of the molecule is Cc1ccc2c(=O)n(S(=O)(=O)c3ccccc3)c3ccc(C)cc3c2c1. The highest BCUT2D eigenvalue weighted by Crippen LogP contribution is 2.27. The van der Waals surface area contributed by atoms with Gasteiger partial charge in [0.05, 0.1) is 10.4 Å². The van der Waals surface area contributed by atoms with Crippen molar-refractivity contribution in [2.75, 3.05) is 0 Å². The molecule has 0 aliphatic carbocycles. The van der Waals surface area contributed by atoms with Gasteiger partial charge >= 0.3 is 0 Å². The molecule has 4 aromatic rings. The minimum absolute atomic E-state index is 0.0930. The molecule has 1 heterocycles. The van der Waals surface area contributed by atoms with Crippen LogP contribution in [0.5, 0.6) is 0 Å². The van der Waals surface area contributed by atoms with Crippen molar-refractivity contribution in [1.29, 1.82) is 0 Å². The summed E-state index contributed by atoms with van der Waals surface area (Å²) in [5.41, 5.74) is 1.88. The molecular formula is C21H17NO3S. The van der Waals surface area contributed by atoms with Crippen molar-refractivity contribution in [3.63, 3.8) is 0 Å². The molecule has 0 amide bonds. The summed E-state index contributed by atoms with van der Waals surface area (Å²) in [6.07, 6.45) is 0. The smallest absolute Gasteiger partial charge is 0.268 e. The van der Waals surface area contributed by atoms with Crippen molar-refractivity contribution in [1.82, 2.24) is 3.97 Å². The maximum Gasteiger partial charge on any atom is 0.272 e. The lowest BCUT2D eigenvalue weighted by atomic mass is 10.0. The number of aromatic nitrogens is 1. The van der Waals surface area contributed by atoms with Crippen molar-refractivity contribution >= 4 is 31.7 Å². The van der Waals surface area contributed by atoms with Crippen LogP contribution in [0.15, 0.2) is 76.4 Å². The van der Waals surface area contributed by atoms with Gasteiger partial charge in [0.15, 0.2) is 0 Å². The number of fused-ring (bicyclic) bond motifs is 3. The molecule has 0 saturated carbocycles. The maximum absolute atomic E-state index is 13.2. The summed E-state index contributed by atoms with van der Waals surface area (Å²) in [5, 5.41) is 1.92. The van der Waals surface area contributed by atoms with Crippen molar-refractivity contribution in [2.24, 2.45) is 0 Å². The molecule has 0 aliphatic heterocycles. The predicted octanol–water partition coefficient (Wildman–Crippen LogP) is 4.01. The first-order chi connectivity index (χ1) is 12.4. The molecule has 0 fully saturated rings. The van der Waals surface area contributed by atoms with Gasteiger partial charge in [-0.25, -0.2) is 8.42 Å². The maximum atomic E-state index is 13.2. The van der Waals surface area contributed by atoms with Crippen LogP contribution in [-0.4, -0.2) is 12.4 Å². The Labute approximate surface area is 151 Å². The van der Waals surface area contributed by atoms with Gasteiger partial charge in [0.2, 0.25) is 0 Å². The Morgan fingerprint density at radius 1 is 0.731 bits per heavy atom. The Kier molecular flexibility index (Phi) is 3.70. The van der Waals surface area contributed by atoms with Gasteiger partial charge in [-0.05, 0) is 49.6 Å². The summed E-state index contributed by atoms with van der Waals surface area (Å²) in [4.78, 5) is 13.2. The van der Waals surface area contributed by atoms with E-state index >= 15 is 0 Å². The fourth-order valence-electron chi connectivity index (χ4n) is 3.27. The third kappa shape index (κ3) is 2.44. The number of rotatable bonds is 2. The van der Waals surface area contributed by atoms with E-state index < -0.39 is 15.6 Å². The summed E-state index contributed by atoms with van der Waals surface area (Å²) in [6.45, 7) is 3.90. The number of hydrogen-bond donors (Lipinski definition) is 0. The zero-order chi connectivity index (χ0) is 18.5. The molecule has 5 heteroatoms. The van der Waals surface area contributed by atoms with E-state index in [0.29, 0.717) is 10.9 Å². The summed E-state index contributed by atoms with van der Waals surface area (Å²) in [6, 6.07) is 18.9. The zero-order valence-corrected chi connectivity index (χ0v) is 15.2. The monoisotopic (exact) mass is 363 g/mol.